The second kappa shape index (κ2) is 16.2. The van der Waals surface area contributed by atoms with Gasteiger partial charge < -0.3 is 18.6 Å². The summed E-state index contributed by atoms with van der Waals surface area (Å²) < 4.78 is 13.2. The second-order valence-electron chi connectivity index (χ2n) is 18.0. The highest BCUT2D eigenvalue weighted by Crippen LogP contribution is 2.50. The van der Waals surface area contributed by atoms with E-state index in [2.05, 4.69) is 240 Å². The van der Waals surface area contributed by atoms with E-state index in [9.17, 15) is 0 Å². The Balaban J connectivity index is 1.08. The molecule has 0 saturated carbocycles. The molecule has 4 heteroatoms. The SMILES string of the molecule is c1ccc(-c2cc3cc(-c4ccccc4)c(N(c4ccc5c(c4)oc4ccccc45)c4cccc5ccccc45)cc3cc2N(c2ccc3c(c2)oc2ccccc23)c2cccc3ccccc23)cc1. The summed E-state index contributed by atoms with van der Waals surface area (Å²) in [5.74, 6) is 0. The maximum atomic E-state index is 6.60. The molecule has 4 nitrogen and oxygen atoms in total. The van der Waals surface area contributed by atoms with Gasteiger partial charge in [0.2, 0.25) is 0 Å². The molecule has 0 spiro atoms. The van der Waals surface area contributed by atoms with E-state index < -0.39 is 0 Å². The van der Waals surface area contributed by atoms with Crippen LogP contribution >= 0.6 is 0 Å². The summed E-state index contributed by atoms with van der Waals surface area (Å²) in [6.45, 7) is 0. The minimum absolute atomic E-state index is 0.841. The zero-order chi connectivity index (χ0) is 46.1. The molecule has 0 aliphatic carbocycles. The number of fused-ring (bicyclic) bond motifs is 9. The van der Waals surface area contributed by atoms with E-state index in [1.807, 2.05) is 24.3 Å². The number of anilines is 6. The Hall–Kier alpha value is -9.38. The van der Waals surface area contributed by atoms with Crippen LogP contribution in [0, 0.1) is 0 Å². The molecule has 0 amide bonds. The van der Waals surface area contributed by atoms with E-state index in [0.29, 0.717) is 0 Å². The first kappa shape index (κ1) is 39.8. The standard InChI is InChI=1S/C66H42N2O2/c1-3-17-45(18-4-1)57-37-47-38-58(46-19-5-2-6-20-46)62(68(60-30-16-24-44-22-8-10-26-52(44)60)50-34-36-56-54-28-12-14-32-64(54)70-66(56)42-50)40-48(47)39-61(57)67(59-29-15-23-43-21-7-9-25-51(43)59)49-33-35-55-53-27-11-13-31-63(53)69-65(55)41-49/h1-42H. The molecule has 0 fully saturated rings. The molecule has 0 unspecified atom stereocenters. The van der Waals surface area contributed by atoms with Gasteiger partial charge in [0, 0.05) is 67.0 Å². The van der Waals surface area contributed by atoms with E-state index in [0.717, 1.165) is 122 Å². The third kappa shape index (κ3) is 6.53. The highest BCUT2D eigenvalue weighted by molar-refractivity contribution is 6.12. The van der Waals surface area contributed by atoms with Gasteiger partial charge in [-0.05, 0) is 105 Å². The van der Waals surface area contributed by atoms with Gasteiger partial charge in [-0.15, -0.1) is 0 Å². The third-order valence-corrected chi connectivity index (χ3v) is 14.0. The van der Waals surface area contributed by atoms with Crippen molar-refractivity contribution in [2.45, 2.75) is 0 Å². The van der Waals surface area contributed by atoms with Crippen LogP contribution in [0.4, 0.5) is 34.1 Å². The molecule has 12 aromatic carbocycles. The number of furan rings is 2. The second-order valence-corrected chi connectivity index (χ2v) is 18.0. The molecule has 0 saturated heterocycles. The van der Waals surface area contributed by atoms with Gasteiger partial charge in [-0.3, -0.25) is 0 Å². The fraction of sp³-hybridized carbons (Fsp3) is 0. The number of hydrogen-bond donors (Lipinski definition) is 0. The molecular weight excluding hydrogens is 853 g/mol. The molecule has 0 bridgehead atoms. The lowest BCUT2D eigenvalue weighted by molar-refractivity contribution is 0.668. The Morgan fingerprint density at radius 3 is 1.07 bits per heavy atom. The quantitative estimate of drug-likeness (QED) is 0.152. The molecule has 14 aromatic rings. The van der Waals surface area contributed by atoms with E-state index >= 15 is 0 Å². The predicted octanol–water partition coefficient (Wildman–Crippen LogP) is 19.2. The normalized spacial score (nSPS) is 11.7. The van der Waals surface area contributed by atoms with Crippen molar-refractivity contribution in [1.29, 1.82) is 0 Å². The van der Waals surface area contributed by atoms with Crippen LogP contribution in [0.15, 0.2) is 264 Å². The van der Waals surface area contributed by atoms with E-state index in [1.54, 1.807) is 0 Å². The first-order valence-corrected chi connectivity index (χ1v) is 23.8. The summed E-state index contributed by atoms with van der Waals surface area (Å²) in [4.78, 5) is 4.86. The fourth-order valence-electron chi connectivity index (χ4n) is 10.7. The van der Waals surface area contributed by atoms with Crippen molar-refractivity contribution < 1.29 is 8.83 Å². The Labute approximate surface area is 404 Å². The fourth-order valence-corrected chi connectivity index (χ4v) is 10.7. The van der Waals surface area contributed by atoms with Crippen molar-refractivity contribution in [2.24, 2.45) is 0 Å². The van der Waals surface area contributed by atoms with Crippen LogP contribution in [0.5, 0.6) is 0 Å². The van der Waals surface area contributed by atoms with Gasteiger partial charge in [-0.1, -0.05) is 170 Å². The first-order chi connectivity index (χ1) is 34.7. The smallest absolute Gasteiger partial charge is 0.137 e. The van der Waals surface area contributed by atoms with E-state index in [-0.39, 0.29) is 0 Å². The monoisotopic (exact) mass is 894 g/mol. The number of nitrogens with zero attached hydrogens (tertiary/aromatic N) is 2. The molecular formula is C66H42N2O2. The highest BCUT2D eigenvalue weighted by atomic mass is 16.3. The van der Waals surface area contributed by atoms with Crippen molar-refractivity contribution in [3.05, 3.63) is 255 Å². The lowest BCUT2D eigenvalue weighted by Crippen LogP contribution is -2.13. The van der Waals surface area contributed by atoms with E-state index in [4.69, 9.17) is 8.83 Å². The van der Waals surface area contributed by atoms with Crippen molar-refractivity contribution >= 4 is 110 Å². The van der Waals surface area contributed by atoms with Gasteiger partial charge in [0.15, 0.2) is 0 Å². The number of benzene rings is 12. The average molecular weight is 895 g/mol. The zero-order valence-corrected chi connectivity index (χ0v) is 38.0. The molecule has 14 rings (SSSR count). The topological polar surface area (TPSA) is 32.8 Å². The van der Waals surface area contributed by atoms with Crippen LogP contribution < -0.4 is 9.80 Å². The summed E-state index contributed by atoms with van der Waals surface area (Å²) in [6.07, 6.45) is 0. The lowest BCUT2D eigenvalue weighted by atomic mass is 9.93. The molecule has 328 valence electrons. The predicted molar refractivity (Wildman–Crippen MR) is 294 cm³/mol. The van der Waals surface area contributed by atoms with Gasteiger partial charge in [0.1, 0.15) is 22.3 Å². The average Bonchev–Trinajstić information content (AvgIpc) is 3.99. The maximum absolute atomic E-state index is 6.60. The van der Waals surface area contributed by atoms with Crippen molar-refractivity contribution in [2.75, 3.05) is 9.80 Å². The summed E-state index contributed by atoms with van der Waals surface area (Å²) in [5, 5.41) is 11.2. The van der Waals surface area contributed by atoms with Crippen LogP contribution in [0.2, 0.25) is 0 Å². The molecule has 0 aliphatic heterocycles. The van der Waals surface area contributed by atoms with Crippen LogP contribution in [0.25, 0.3) is 98.4 Å². The molecule has 0 radical (unpaired) electrons. The summed E-state index contributed by atoms with van der Waals surface area (Å²) in [5.41, 5.74) is 14.1. The number of rotatable bonds is 8. The molecule has 2 heterocycles. The van der Waals surface area contributed by atoms with Crippen LogP contribution in [-0.4, -0.2) is 0 Å². The van der Waals surface area contributed by atoms with Gasteiger partial charge in [0.05, 0.1) is 22.7 Å². The van der Waals surface area contributed by atoms with Gasteiger partial charge in [-0.25, -0.2) is 0 Å². The van der Waals surface area contributed by atoms with Crippen molar-refractivity contribution in [3.8, 4) is 22.3 Å². The Morgan fingerprint density at radius 1 is 0.229 bits per heavy atom. The Kier molecular flexibility index (Phi) is 9.17. The first-order valence-electron chi connectivity index (χ1n) is 23.8. The van der Waals surface area contributed by atoms with Gasteiger partial charge in [0.25, 0.3) is 0 Å². The zero-order valence-electron chi connectivity index (χ0n) is 38.0. The molecule has 70 heavy (non-hydrogen) atoms. The molecule has 2 aromatic heterocycles. The molecule has 0 N–H and O–H groups in total. The number of para-hydroxylation sites is 2. The minimum Gasteiger partial charge on any atom is -0.456 e. The van der Waals surface area contributed by atoms with Gasteiger partial charge in [-0.2, -0.15) is 0 Å². The maximum Gasteiger partial charge on any atom is 0.137 e. The summed E-state index contributed by atoms with van der Waals surface area (Å²) >= 11 is 0. The van der Waals surface area contributed by atoms with Crippen LogP contribution in [0.3, 0.4) is 0 Å². The van der Waals surface area contributed by atoms with Crippen LogP contribution in [0.1, 0.15) is 0 Å². The third-order valence-electron chi connectivity index (χ3n) is 14.0. The Morgan fingerprint density at radius 2 is 0.600 bits per heavy atom. The Bertz CT molecular complexity index is 4040. The van der Waals surface area contributed by atoms with Crippen LogP contribution in [-0.2, 0) is 0 Å². The number of hydrogen-bond acceptors (Lipinski definition) is 4. The highest BCUT2D eigenvalue weighted by Gasteiger charge is 2.25. The van der Waals surface area contributed by atoms with E-state index in [1.165, 1.54) is 10.8 Å². The molecule has 0 atom stereocenters. The van der Waals surface area contributed by atoms with Crippen molar-refractivity contribution in [1.82, 2.24) is 0 Å². The lowest BCUT2D eigenvalue weighted by Gasteiger charge is -2.31. The minimum atomic E-state index is 0.841. The van der Waals surface area contributed by atoms with Gasteiger partial charge >= 0.3 is 0 Å². The van der Waals surface area contributed by atoms with Crippen molar-refractivity contribution in [3.63, 3.8) is 0 Å². The summed E-state index contributed by atoms with van der Waals surface area (Å²) in [6, 6.07) is 91.6. The summed E-state index contributed by atoms with van der Waals surface area (Å²) in [7, 11) is 0. The molecule has 0 aliphatic rings. The largest absolute Gasteiger partial charge is 0.456 e.